The van der Waals surface area contributed by atoms with Crippen LogP contribution in [0.1, 0.15) is 78.7 Å². The summed E-state index contributed by atoms with van der Waals surface area (Å²) in [5.74, 6) is 0.0342. The lowest BCUT2D eigenvalue weighted by Crippen LogP contribution is -2.25. The molecule has 0 radical (unpaired) electrons. The van der Waals surface area contributed by atoms with Crippen LogP contribution in [-0.2, 0) is 11.2 Å². The highest BCUT2D eigenvalue weighted by molar-refractivity contribution is 5.78. The van der Waals surface area contributed by atoms with Gasteiger partial charge in [0.05, 0.1) is 6.42 Å². The van der Waals surface area contributed by atoms with Crippen LogP contribution in [0.3, 0.4) is 0 Å². The molecule has 0 aliphatic rings. The van der Waals surface area contributed by atoms with E-state index in [2.05, 4.69) is 69.2 Å². The molecule has 0 spiro atoms. The number of hydrogen-bond acceptors (Lipinski definition) is 2. The third-order valence-electron chi connectivity index (χ3n) is 4.99. The summed E-state index contributed by atoms with van der Waals surface area (Å²) in [5.41, 5.74) is 6.61. The fourth-order valence-corrected chi connectivity index (χ4v) is 3.08. The monoisotopic (exact) mass is 408 g/mol. The Labute approximate surface area is 184 Å². The molecule has 0 bridgehead atoms. The maximum Gasteiger partial charge on any atom is 0.224 e. The van der Waals surface area contributed by atoms with E-state index in [1.807, 2.05) is 12.1 Å². The molecule has 0 fully saturated rings. The van der Waals surface area contributed by atoms with Crippen LogP contribution in [0.25, 0.3) is 0 Å². The zero-order valence-electron chi connectivity index (χ0n) is 19.6. The highest BCUT2D eigenvalue weighted by Crippen LogP contribution is 2.13. The Balaban J connectivity index is 2.21. The van der Waals surface area contributed by atoms with E-state index in [0.29, 0.717) is 13.0 Å². The van der Waals surface area contributed by atoms with Gasteiger partial charge in [-0.2, -0.15) is 0 Å². The number of carbonyl (C=O) groups is 1. The topological polar surface area (TPSA) is 42.0 Å². The second-order valence-corrected chi connectivity index (χ2v) is 8.39. The Morgan fingerprint density at radius 3 is 1.97 bits per heavy atom. The highest BCUT2D eigenvalue weighted by atomic mass is 16.1. The Morgan fingerprint density at radius 2 is 1.43 bits per heavy atom. The number of allylic oxidation sites excluding steroid dienone is 7. The second kappa shape index (κ2) is 15.4. The largest absolute Gasteiger partial charge is 0.352 e. The van der Waals surface area contributed by atoms with Gasteiger partial charge in [0, 0.05) is 18.9 Å². The number of aromatic nitrogens is 1. The first-order valence-electron chi connectivity index (χ1n) is 11.1. The van der Waals surface area contributed by atoms with Crippen molar-refractivity contribution in [1.82, 2.24) is 10.3 Å². The minimum atomic E-state index is 0.0342. The molecule has 0 aromatic carbocycles. The van der Waals surface area contributed by atoms with Crippen LogP contribution in [0, 0.1) is 0 Å². The molecule has 1 amide bonds. The molecular formula is C27H40N2O. The molecule has 0 saturated carbocycles. The predicted octanol–water partition coefficient (Wildman–Crippen LogP) is 6.89. The zero-order valence-corrected chi connectivity index (χ0v) is 19.6. The summed E-state index contributed by atoms with van der Waals surface area (Å²) in [6, 6.07) is 3.77. The first-order valence-corrected chi connectivity index (χ1v) is 11.1. The number of rotatable bonds is 13. The third-order valence-corrected chi connectivity index (χ3v) is 4.99. The van der Waals surface area contributed by atoms with Gasteiger partial charge in [-0.25, -0.2) is 0 Å². The summed E-state index contributed by atoms with van der Waals surface area (Å²) in [6.45, 7) is 11.5. The first kappa shape index (κ1) is 25.6. The average molecular weight is 409 g/mol. The summed E-state index contributed by atoms with van der Waals surface area (Å²) in [5, 5.41) is 2.95. The standard InChI is InChI=1S/C27H40N2O/c1-22(2)10-6-11-23(3)12-7-13-24(4)14-8-15-25(5)17-19-29-27(30)20-26-16-9-18-28-21-26/h9-10,12,14,16-18,21H,6-8,11,13,15,19-20H2,1-5H3,(H,29,30). The SMILES string of the molecule is CC(C)=CCCC(C)=CCCC(C)=CCCC(C)=CCNC(=O)Cc1cccnc1. The summed E-state index contributed by atoms with van der Waals surface area (Å²) < 4.78 is 0. The van der Waals surface area contributed by atoms with Gasteiger partial charge >= 0.3 is 0 Å². The fraction of sp³-hybridized carbons (Fsp3) is 0.481. The lowest BCUT2D eigenvalue weighted by molar-refractivity contribution is -0.120. The van der Waals surface area contributed by atoms with E-state index >= 15 is 0 Å². The van der Waals surface area contributed by atoms with Crippen molar-refractivity contribution >= 4 is 5.91 Å². The van der Waals surface area contributed by atoms with Gasteiger partial charge in [-0.15, -0.1) is 0 Å². The minimum absolute atomic E-state index is 0.0342. The molecule has 30 heavy (non-hydrogen) atoms. The van der Waals surface area contributed by atoms with E-state index in [4.69, 9.17) is 0 Å². The van der Waals surface area contributed by atoms with Gasteiger partial charge in [-0.3, -0.25) is 9.78 Å². The Bertz CT molecular complexity index is 750. The molecule has 1 heterocycles. The normalized spacial score (nSPS) is 12.6. The summed E-state index contributed by atoms with van der Waals surface area (Å²) in [6.07, 6.45) is 19.7. The average Bonchev–Trinajstić information content (AvgIpc) is 2.68. The van der Waals surface area contributed by atoms with E-state index in [-0.39, 0.29) is 5.91 Å². The van der Waals surface area contributed by atoms with Crippen LogP contribution in [-0.4, -0.2) is 17.4 Å². The molecule has 1 N–H and O–H groups in total. The van der Waals surface area contributed by atoms with E-state index in [1.54, 1.807) is 12.4 Å². The number of hydrogen-bond donors (Lipinski definition) is 1. The molecular weight excluding hydrogens is 368 g/mol. The van der Waals surface area contributed by atoms with Crippen LogP contribution in [0.2, 0.25) is 0 Å². The van der Waals surface area contributed by atoms with E-state index < -0.39 is 0 Å². The van der Waals surface area contributed by atoms with Gasteiger partial charge in [0.1, 0.15) is 0 Å². The van der Waals surface area contributed by atoms with Crippen molar-refractivity contribution in [2.24, 2.45) is 0 Å². The lowest BCUT2D eigenvalue weighted by Gasteiger charge is -2.04. The minimum Gasteiger partial charge on any atom is -0.352 e. The molecule has 3 heteroatoms. The molecule has 164 valence electrons. The van der Waals surface area contributed by atoms with E-state index in [1.165, 1.54) is 22.3 Å². The molecule has 1 aromatic rings. The number of nitrogens with zero attached hydrogens (tertiary/aromatic N) is 1. The number of amides is 1. The molecule has 0 aliphatic heterocycles. The van der Waals surface area contributed by atoms with Gasteiger partial charge in [-0.1, -0.05) is 52.7 Å². The van der Waals surface area contributed by atoms with E-state index in [0.717, 1.165) is 44.1 Å². The summed E-state index contributed by atoms with van der Waals surface area (Å²) >= 11 is 0. The van der Waals surface area contributed by atoms with Gasteiger partial charge in [-0.05, 0) is 84.8 Å². The van der Waals surface area contributed by atoms with Crippen molar-refractivity contribution in [3.63, 3.8) is 0 Å². The van der Waals surface area contributed by atoms with Crippen molar-refractivity contribution in [1.29, 1.82) is 0 Å². The van der Waals surface area contributed by atoms with Crippen molar-refractivity contribution in [2.75, 3.05) is 6.54 Å². The van der Waals surface area contributed by atoms with Crippen molar-refractivity contribution in [3.8, 4) is 0 Å². The summed E-state index contributed by atoms with van der Waals surface area (Å²) in [4.78, 5) is 16.0. The zero-order chi connectivity index (χ0) is 22.2. The molecule has 0 aliphatic carbocycles. The van der Waals surface area contributed by atoms with Crippen molar-refractivity contribution in [3.05, 3.63) is 76.7 Å². The molecule has 1 rings (SSSR count). The number of nitrogens with one attached hydrogen (secondary N) is 1. The molecule has 1 aromatic heterocycles. The van der Waals surface area contributed by atoms with Gasteiger partial charge in [0.25, 0.3) is 0 Å². The molecule has 0 unspecified atom stereocenters. The maximum absolute atomic E-state index is 11.9. The Kier molecular flexibility index (Phi) is 13.2. The smallest absolute Gasteiger partial charge is 0.224 e. The van der Waals surface area contributed by atoms with Crippen LogP contribution in [0.4, 0.5) is 0 Å². The van der Waals surface area contributed by atoms with Gasteiger partial charge in [0.2, 0.25) is 5.91 Å². The van der Waals surface area contributed by atoms with E-state index in [9.17, 15) is 4.79 Å². The quantitative estimate of drug-likeness (QED) is 0.361. The summed E-state index contributed by atoms with van der Waals surface area (Å²) in [7, 11) is 0. The molecule has 0 atom stereocenters. The van der Waals surface area contributed by atoms with Crippen LogP contribution in [0.15, 0.2) is 71.1 Å². The number of carbonyl (C=O) groups excluding carboxylic acids is 1. The third kappa shape index (κ3) is 13.7. The Morgan fingerprint density at radius 1 is 0.867 bits per heavy atom. The lowest BCUT2D eigenvalue weighted by atomic mass is 10.0. The second-order valence-electron chi connectivity index (χ2n) is 8.39. The Hall–Kier alpha value is -2.42. The van der Waals surface area contributed by atoms with Crippen LogP contribution in [0.5, 0.6) is 0 Å². The number of pyridine rings is 1. The van der Waals surface area contributed by atoms with Gasteiger partial charge < -0.3 is 5.32 Å². The maximum atomic E-state index is 11.9. The van der Waals surface area contributed by atoms with Crippen LogP contribution >= 0.6 is 0 Å². The van der Waals surface area contributed by atoms with Gasteiger partial charge in [0.15, 0.2) is 0 Å². The molecule has 3 nitrogen and oxygen atoms in total. The molecule has 0 saturated heterocycles. The highest BCUT2D eigenvalue weighted by Gasteiger charge is 2.01. The first-order chi connectivity index (χ1) is 14.4. The van der Waals surface area contributed by atoms with Crippen molar-refractivity contribution in [2.45, 2.75) is 79.6 Å². The van der Waals surface area contributed by atoms with Crippen LogP contribution < -0.4 is 5.32 Å². The fourth-order valence-electron chi connectivity index (χ4n) is 3.08. The van der Waals surface area contributed by atoms with Crippen molar-refractivity contribution < 1.29 is 4.79 Å². The predicted molar refractivity (Wildman–Crippen MR) is 129 cm³/mol.